The molecule has 0 aromatic heterocycles. The molecule has 15 heavy (non-hydrogen) atoms. The van der Waals surface area contributed by atoms with Gasteiger partial charge in [-0.3, -0.25) is 4.79 Å². The summed E-state index contributed by atoms with van der Waals surface area (Å²) in [7, 11) is 0. The largest absolute Gasteiger partial charge is 0.396 e. The van der Waals surface area contributed by atoms with Crippen LogP contribution in [0.5, 0.6) is 0 Å². The average Bonchev–Trinajstić information content (AvgIpc) is 2.51. The van der Waals surface area contributed by atoms with Gasteiger partial charge in [-0.05, 0) is 37.0 Å². The second-order valence-electron chi connectivity index (χ2n) is 5.45. The molecule has 2 aliphatic rings. The topological polar surface area (TPSA) is 49.3 Å². The summed E-state index contributed by atoms with van der Waals surface area (Å²) in [6.45, 7) is 4.17. The molecule has 86 valence electrons. The van der Waals surface area contributed by atoms with Gasteiger partial charge in [0.2, 0.25) is 5.91 Å². The summed E-state index contributed by atoms with van der Waals surface area (Å²) in [4.78, 5) is 11.5. The summed E-state index contributed by atoms with van der Waals surface area (Å²) in [5, 5.41) is 12.2. The first-order chi connectivity index (χ1) is 7.11. The fourth-order valence-corrected chi connectivity index (χ4v) is 3.01. The number of nitrogens with one attached hydrogen (secondary N) is 1. The molecular weight excluding hydrogens is 190 g/mol. The number of hydrogen-bond donors (Lipinski definition) is 2. The van der Waals surface area contributed by atoms with Crippen LogP contribution in [-0.4, -0.2) is 23.7 Å². The van der Waals surface area contributed by atoms with Crippen LogP contribution in [-0.2, 0) is 4.79 Å². The Bertz CT molecular complexity index is 252. The minimum Gasteiger partial charge on any atom is -0.396 e. The molecule has 0 bridgehead atoms. The summed E-state index contributed by atoms with van der Waals surface area (Å²) >= 11 is 0. The van der Waals surface area contributed by atoms with E-state index in [1.807, 2.05) is 13.8 Å². The SMILES string of the molecule is CC(C)C(=O)NC1CC2CC(CO)CC21. The molecule has 2 saturated carbocycles. The first-order valence-corrected chi connectivity index (χ1v) is 6.03. The van der Waals surface area contributed by atoms with Gasteiger partial charge >= 0.3 is 0 Å². The van der Waals surface area contributed by atoms with Crippen LogP contribution in [0.4, 0.5) is 0 Å². The van der Waals surface area contributed by atoms with Crippen molar-refractivity contribution in [3.63, 3.8) is 0 Å². The summed E-state index contributed by atoms with van der Waals surface area (Å²) in [5.74, 6) is 2.15. The number of aliphatic hydroxyl groups excluding tert-OH is 1. The van der Waals surface area contributed by atoms with Crippen molar-refractivity contribution in [1.82, 2.24) is 5.32 Å². The van der Waals surface area contributed by atoms with Crippen molar-refractivity contribution in [2.24, 2.45) is 23.7 Å². The molecule has 0 saturated heterocycles. The number of fused-ring (bicyclic) bond motifs is 1. The van der Waals surface area contributed by atoms with Crippen LogP contribution < -0.4 is 5.32 Å². The molecule has 0 radical (unpaired) electrons. The zero-order valence-corrected chi connectivity index (χ0v) is 9.57. The number of aliphatic hydroxyl groups is 1. The fraction of sp³-hybridized carbons (Fsp3) is 0.917. The lowest BCUT2D eigenvalue weighted by Crippen LogP contribution is -2.51. The van der Waals surface area contributed by atoms with E-state index in [4.69, 9.17) is 5.11 Å². The maximum Gasteiger partial charge on any atom is 0.222 e. The van der Waals surface area contributed by atoms with Gasteiger partial charge in [0, 0.05) is 18.6 Å². The molecule has 2 N–H and O–H groups in total. The summed E-state index contributed by atoms with van der Waals surface area (Å²) in [6.07, 6.45) is 3.39. The van der Waals surface area contributed by atoms with Crippen LogP contribution in [0.15, 0.2) is 0 Å². The molecule has 0 heterocycles. The summed E-state index contributed by atoms with van der Waals surface area (Å²) < 4.78 is 0. The molecule has 2 fully saturated rings. The third kappa shape index (κ3) is 2.03. The maximum atomic E-state index is 11.5. The number of carbonyl (C=O) groups is 1. The van der Waals surface area contributed by atoms with Crippen LogP contribution in [0.2, 0.25) is 0 Å². The molecular formula is C12H21NO2. The second kappa shape index (κ2) is 4.12. The summed E-state index contributed by atoms with van der Waals surface area (Å²) in [6, 6.07) is 0.390. The smallest absolute Gasteiger partial charge is 0.222 e. The van der Waals surface area contributed by atoms with Gasteiger partial charge in [0.15, 0.2) is 0 Å². The number of amides is 1. The zero-order chi connectivity index (χ0) is 11.0. The van der Waals surface area contributed by atoms with Gasteiger partial charge in [0.1, 0.15) is 0 Å². The molecule has 2 aliphatic carbocycles. The van der Waals surface area contributed by atoms with Gasteiger partial charge in [0.25, 0.3) is 0 Å². The Labute approximate surface area is 91.2 Å². The van der Waals surface area contributed by atoms with Gasteiger partial charge < -0.3 is 10.4 Å². The molecule has 4 atom stereocenters. The lowest BCUT2D eigenvalue weighted by molar-refractivity contribution is -0.126. The monoisotopic (exact) mass is 211 g/mol. The fourth-order valence-electron chi connectivity index (χ4n) is 3.01. The lowest BCUT2D eigenvalue weighted by atomic mass is 9.71. The maximum absolute atomic E-state index is 11.5. The van der Waals surface area contributed by atoms with E-state index < -0.39 is 0 Å². The van der Waals surface area contributed by atoms with E-state index in [-0.39, 0.29) is 11.8 Å². The van der Waals surface area contributed by atoms with Crippen LogP contribution in [0, 0.1) is 23.7 Å². The molecule has 0 aliphatic heterocycles. The zero-order valence-electron chi connectivity index (χ0n) is 9.57. The van der Waals surface area contributed by atoms with Crippen molar-refractivity contribution in [3.8, 4) is 0 Å². The van der Waals surface area contributed by atoms with Crippen LogP contribution in [0.25, 0.3) is 0 Å². The van der Waals surface area contributed by atoms with Gasteiger partial charge in [-0.1, -0.05) is 13.8 Å². The van der Waals surface area contributed by atoms with Crippen molar-refractivity contribution in [1.29, 1.82) is 0 Å². The Kier molecular flexibility index (Phi) is 3.01. The highest BCUT2D eigenvalue weighted by Crippen LogP contribution is 2.49. The highest BCUT2D eigenvalue weighted by atomic mass is 16.3. The van der Waals surface area contributed by atoms with E-state index in [1.54, 1.807) is 0 Å². The van der Waals surface area contributed by atoms with Crippen LogP contribution in [0.3, 0.4) is 0 Å². The van der Waals surface area contributed by atoms with Crippen molar-refractivity contribution in [2.45, 2.75) is 39.2 Å². The van der Waals surface area contributed by atoms with E-state index >= 15 is 0 Å². The second-order valence-corrected chi connectivity index (χ2v) is 5.45. The van der Waals surface area contributed by atoms with Crippen LogP contribution >= 0.6 is 0 Å². The highest BCUT2D eigenvalue weighted by Gasteiger charge is 2.47. The van der Waals surface area contributed by atoms with Crippen LogP contribution in [0.1, 0.15) is 33.1 Å². The van der Waals surface area contributed by atoms with E-state index in [0.29, 0.717) is 24.5 Å². The van der Waals surface area contributed by atoms with E-state index in [0.717, 1.165) is 25.2 Å². The van der Waals surface area contributed by atoms with Crippen molar-refractivity contribution in [2.75, 3.05) is 6.61 Å². The van der Waals surface area contributed by atoms with E-state index in [2.05, 4.69) is 5.32 Å². The quantitative estimate of drug-likeness (QED) is 0.736. The highest BCUT2D eigenvalue weighted by molar-refractivity contribution is 5.78. The predicted molar refractivity (Wildman–Crippen MR) is 58.2 cm³/mol. The van der Waals surface area contributed by atoms with Gasteiger partial charge in [-0.2, -0.15) is 0 Å². The molecule has 2 rings (SSSR count). The van der Waals surface area contributed by atoms with Gasteiger partial charge in [0.05, 0.1) is 0 Å². The predicted octanol–water partition coefficient (Wildman–Crippen LogP) is 1.17. The normalized spacial score (nSPS) is 38.7. The Balaban J connectivity index is 1.82. The molecule has 0 spiro atoms. The van der Waals surface area contributed by atoms with Crippen molar-refractivity contribution >= 4 is 5.91 Å². The average molecular weight is 211 g/mol. The van der Waals surface area contributed by atoms with E-state index in [9.17, 15) is 4.79 Å². The molecule has 1 amide bonds. The Morgan fingerprint density at radius 1 is 1.40 bits per heavy atom. The molecule has 4 unspecified atom stereocenters. The number of rotatable bonds is 3. The first-order valence-electron chi connectivity index (χ1n) is 6.03. The molecule has 0 aromatic carbocycles. The minimum absolute atomic E-state index is 0.0825. The summed E-state index contributed by atoms with van der Waals surface area (Å²) in [5.41, 5.74) is 0. The lowest BCUT2D eigenvalue weighted by Gasteiger charge is -2.41. The number of carbonyl (C=O) groups excluding carboxylic acids is 1. The minimum atomic E-state index is 0.0825. The van der Waals surface area contributed by atoms with E-state index in [1.165, 1.54) is 0 Å². The standard InChI is InChI=1S/C12H21NO2/c1-7(2)12(15)13-11-5-9-3-8(6-14)4-10(9)11/h7-11,14H,3-6H2,1-2H3,(H,13,15). The van der Waals surface area contributed by atoms with Crippen molar-refractivity contribution in [3.05, 3.63) is 0 Å². The van der Waals surface area contributed by atoms with Gasteiger partial charge in [-0.25, -0.2) is 0 Å². The number of hydrogen-bond acceptors (Lipinski definition) is 2. The van der Waals surface area contributed by atoms with Gasteiger partial charge in [-0.15, -0.1) is 0 Å². The Morgan fingerprint density at radius 2 is 2.13 bits per heavy atom. The Morgan fingerprint density at radius 3 is 2.73 bits per heavy atom. The molecule has 3 heteroatoms. The van der Waals surface area contributed by atoms with Crippen molar-refractivity contribution < 1.29 is 9.90 Å². The third-order valence-corrected chi connectivity index (χ3v) is 4.03. The third-order valence-electron chi connectivity index (χ3n) is 4.03. The molecule has 3 nitrogen and oxygen atoms in total. The first kappa shape index (κ1) is 10.9. The molecule has 0 aromatic rings. The Hall–Kier alpha value is -0.570.